The smallest absolute Gasteiger partial charge is 0.127 e. The first kappa shape index (κ1) is 17.4. The van der Waals surface area contributed by atoms with Crippen LogP contribution < -0.4 is 5.73 Å². The minimum absolute atomic E-state index is 0.217. The van der Waals surface area contributed by atoms with Gasteiger partial charge in [-0.25, -0.2) is 4.39 Å². The zero-order valence-electron chi connectivity index (χ0n) is 16.0. The molecule has 0 amide bonds. The molecule has 0 saturated carbocycles. The molecule has 2 N–H and O–H groups in total. The molecule has 3 aromatic rings. The maximum absolute atomic E-state index is 13.9. The Morgan fingerprint density at radius 2 is 1.86 bits per heavy atom. The molecule has 0 spiro atoms. The van der Waals surface area contributed by atoms with Crippen molar-refractivity contribution in [2.45, 2.75) is 38.6 Å². The van der Waals surface area contributed by atoms with E-state index in [0.717, 1.165) is 24.8 Å². The molecule has 0 unspecified atom stereocenters. The van der Waals surface area contributed by atoms with Gasteiger partial charge in [0.25, 0.3) is 0 Å². The Bertz CT molecular complexity index is 1140. The van der Waals surface area contributed by atoms with Gasteiger partial charge in [0.15, 0.2) is 0 Å². The number of aryl methyl sites for hydroxylation is 1. The van der Waals surface area contributed by atoms with E-state index in [1.165, 1.54) is 45.9 Å². The number of fused-ring (bicyclic) bond motifs is 4. The lowest BCUT2D eigenvalue weighted by atomic mass is 9.78. The van der Waals surface area contributed by atoms with Gasteiger partial charge in [-0.1, -0.05) is 60.2 Å². The van der Waals surface area contributed by atoms with E-state index in [4.69, 9.17) is 5.73 Å². The van der Waals surface area contributed by atoms with E-state index < -0.39 is 0 Å². The normalized spacial score (nSPS) is 15.6. The van der Waals surface area contributed by atoms with Crippen LogP contribution in [0.4, 0.5) is 4.39 Å². The van der Waals surface area contributed by atoms with Gasteiger partial charge >= 0.3 is 0 Å². The molecule has 0 radical (unpaired) electrons. The quantitative estimate of drug-likeness (QED) is 0.595. The molecular weight excluding hydrogens is 345 g/mol. The van der Waals surface area contributed by atoms with Crippen LogP contribution >= 0.6 is 0 Å². The summed E-state index contributed by atoms with van der Waals surface area (Å²) in [6.45, 7) is 0.230. The standard InChI is InChI=1S/C26H24FN/c27-25-13-8-17(15-21(25)16-28)14-20-6-3-5-19-10-11-23-22-7-2-1-4-18(22)9-12-24(23)26(19)20/h2-3,5-8,10-11,13,15H,1,4,9,12,14,16,28H2. The van der Waals surface area contributed by atoms with Crippen molar-refractivity contribution in [2.75, 3.05) is 0 Å². The first-order chi connectivity index (χ1) is 13.7. The van der Waals surface area contributed by atoms with Gasteiger partial charge in [-0.2, -0.15) is 0 Å². The van der Waals surface area contributed by atoms with Crippen molar-refractivity contribution >= 4 is 16.3 Å². The monoisotopic (exact) mass is 369 g/mol. The Morgan fingerprint density at radius 3 is 2.75 bits per heavy atom. The fourth-order valence-corrected chi connectivity index (χ4v) is 4.84. The number of rotatable bonds is 3. The van der Waals surface area contributed by atoms with Gasteiger partial charge in [0, 0.05) is 12.1 Å². The van der Waals surface area contributed by atoms with Crippen molar-refractivity contribution < 1.29 is 4.39 Å². The van der Waals surface area contributed by atoms with E-state index >= 15 is 0 Å². The fraction of sp³-hybridized carbons (Fsp3) is 0.231. The summed E-state index contributed by atoms with van der Waals surface area (Å²) in [5, 5.41) is 2.67. The van der Waals surface area contributed by atoms with Gasteiger partial charge in [-0.3, -0.25) is 0 Å². The highest BCUT2D eigenvalue weighted by Gasteiger charge is 2.21. The van der Waals surface area contributed by atoms with E-state index in [1.54, 1.807) is 11.6 Å². The van der Waals surface area contributed by atoms with Crippen LogP contribution in [0.3, 0.4) is 0 Å². The van der Waals surface area contributed by atoms with Crippen molar-refractivity contribution in [3.05, 3.63) is 99.9 Å². The molecule has 2 aliphatic carbocycles. The first-order valence-electron chi connectivity index (χ1n) is 10.1. The van der Waals surface area contributed by atoms with Gasteiger partial charge in [0.05, 0.1) is 0 Å². The number of nitrogens with two attached hydrogens (primary N) is 1. The largest absolute Gasteiger partial charge is 0.326 e. The average molecular weight is 369 g/mol. The van der Waals surface area contributed by atoms with Crippen LogP contribution in [0.1, 0.15) is 47.1 Å². The number of allylic oxidation sites excluding steroid dienone is 4. The maximum Gasteiger partial charge on any atom is 0.127 e. The van der Waals surface area contributed by atoms with Crippen LogP contribution in [0.5, 0.6) is 0 Å². The van der Waals surface area contributed by atoms with Crippen LogP contribution in [-0.2, 0) is 19.4 Å². The number of hydrogen-bond donors (Lipinski definition) is 1. The molecule has 5 rings (SSSR count). The Morgan fingerprint density at radius 1 is 0.929 bits per heavy atom. The molecule has 1 nitrogen and oxygen atoms in total. The lowest BCUT2D eigenvalue weighted by Gasteiger charge is -2.26. The number of benzene rings is 3. The molecule has 0 aliphatic heterocycles. The SMILES string of the molecule is NCc1cc(Cc2cccc3ccc4c(c23)CCC2=C4C=CCC2)ccc1F. The molecule has 140 valence electrons. The van der Waals surface area contributed by atoms with Crippen molar-refractivity contribution in [1.29, 1.82) is 0 Å². The fourth-order valence-electron chi connectivity index (χ4n) is 4.84. The van der Waals surface area contributed by atoms with E-state index in [1.807, 2.05) is 12.1 Å². The van der Waals surface area contributed by atoms with Gasteiger partial charge in [0.1, 0.15) is 5.82 Å². The summed E-state index contributed by atoms with van der Waals surface area (Å²) in [7, 11) is 0. The van der Waals surface area contributed by atoms with Crippen LogP contribution in [0.25, 0.3) is 16.3 Å². The minimum Gasteiger partial charge on any atom is -0.326 e. The summed E-state index contributed by atoms with van der Waals surface area (Å²) in [5.74, 6) is -0.217. The summed E-state index contributed by atoms with van der Waals surface area (Å²) in [6, 6.07) is 16.4. The van der Waals surface area contributed by atoms with Crippen LogP contribution in [0.15, 0.2) is 66.3 Å². The second kappa shape index (κ2) is 7.03. The number of halogens is 1. The van der Waals surface area contributed by atoms with Gasteiger partial charge in [0.2, 0.25) is 0 Å². The Hall–Kier alpha value is -2.71. The third-order valence-electron chi connectivity index (χ3n) is 6.21. The van der Waals surface area contributed by atoms with E-state index in [-0.39, 0.29) is 12.4 Å². The molecule has 0 heterocycles. The zero-order valence-corrected chi connectivity index (χ0v) is 16.0. The summed E-state index contributed by atoms with van der Waals surface area (Å²) < 4.78 is 13.9. The Kier molecular flexibility index (Phi) is 4.37. The lowest BCUT2D eigenvalue weighted by Crippen LogP contribution is -2.08. The van der Waals surface area contributed by atoms with E-state index in [2.05, 4.69) is 42.5 Å². The summed E-state index contributed by atoms with van der Waals surface area (Å²) in [5.41, 5.74) is 14.6. The predicted octanol–water partition coefficient (Wildman–Crippen LogP) is 6.08. The third kappa shape index (κ3) is 2.89. The van der Waals surface area contributed by atoms with Crippen molar-refractivity contribution in [2.24, 2.45) is 5.73 Å². The van der Waals surface area contributed by atoms with Crippen LogP contribution in [-0.4, -0.2) is 0 Å². The Labute approximate surface area is 165 Å². The average Bonchev–Trinajstić information content (AvgIpc) is 2.74. The molecule has 0 bridgehead atoms. The number of hydrogen-bond acceptors (Lipinski definition) is 1. The Balaban J connectivity index is 1.65. The summed E-state index contributed by atoms with van der Waals surface area (Å²) in [4.78, 5) is 0. The van der Waals surface area contributed by atoms with Gasteiger partial charge in [-0.15, -0.1) is 0 Å². The second-order valence-electron chi connectivity index (χ2n) is 7.87. The molecule has 0 fully saturated rings. The molecule has 28 heavy (non-hydrogen) atoms. The topological polar surface area (TPSA) is 26.0 Å². The maximum atomic E-state index is 13.9. The first-order valence-corrected chi connectivity index (χ1v) is 10.1. The van der Waals surface area contributed by atoms with E-state index in [0.29, 0.717) is 5.56 Å². The zero-order chi connectivity index (χ0) is 19.1. The summed E-state index contributed by atoms with van der Waals surface area (Å²) in [6.07, 6.45) is 10.0. The summed E-state index contributed by atoms with van der Waals surface area (Å²) >= 11 is 0. The highest BCUT2D eigenvalue weighted by atomic mass is 19.1. The van der Waals surface area contributed by atoms with Crippen molar-refractivity contribution in [3.8, 4) is 0 Å². The minimum atomic E-state index is -0.217. The molecule has 0 saturated heterocycles. The van der Waals surface area contributed by atoms with Crippen LogP contribution in [0, 0.1) is 5.82 Å². The molecule has 2 aliphatic rings. The van der Waals surface area contributed by atoms with Crippen molar-refractivity contribution in [1.82, 2.24) is 0 Å². The highest BCUT2D eigenvalue weighted by Crippen LogP contribution is 2.41. The predicted molar refractivity (Wildman–Crippen MR) is 115 cm³/mol. The molecule has 0 atom stereocenters. The third-order valence-corrected chi connectivity index (χ3v) is 6.21. The van der Waals surface area contributed by atoms with Crippen LogP contribution in [0.2, 0.25) is 0 Å². The molecular formula is C26H24FN. The second-order valence-corrected chi connectivity index (χ2v) is 7.87. The van der Waals surface area contributed by atoms with Crippen molar-refractivity contribution in [3.63, 3.8) is 0 Å². The van der Waals surface area contributed by atoms with E-state index in [9.17, 15) is 4.39 Å². The molecule has 2 heteroatoms. The van der Waals surface area contributed by atoms with Gasteiger partial charge in [-0.05, 0) is 76.8 Å². The lowest BCUT2D eigenvalue weighted by molar-refractivity contribution is 0.610. The highest BCUT2D eigenvalue weighted by molar-refractivity contribution is 5.96. The molecule has 3 aromatic carbocycles. The van der Waals surface area contributed by atoms with Gasteiger partial charge < -0.3 is 5.73 Å². The molecule has 0 aromatic heterocycles.